The van der Waals surface area contributed by atoms with Crippen molar-refractivity contribution in [2.45, 2.75) is 105 Å². The highest BCUT2D eigenvalue weighted by molar-refractivity contribution is 5.22. The molecule has 0 bridgehead atoms. The Morgan fingerprint density at radius 1 is 0.853 bits per heavy atom. The highest BCUT2D eigenvalue weighted by Crippen LogP contribution is 2.77. The second-order valence-electron chi connectivity index (χ2n) is 14.6. The second-order valence-corrected chi connectivity index (χ2v) is 14.6. The van der Waals surface area contributed by atoms with Gasteiger partial charge in [0.15, 0.2) is 5.79 Å². The molecule has 5 N–H and O–H groups in total. The number of rotatable bonds is 3. The lowest BCUT2D eigenvalue weighted by atomic mass is 9.32. The van der Waals surface area contributed by atoms with E-state index in [1.807, 2.05) is 6.92 Å². The second kappa shape index (κ2) is 7.55. The van der Waals surface area contributed by atoms with E-state index in [4.69, 9.17) is 5.73 Å². The molecule has 0 saturated heterocycles. The summed E-state index contributed by atoms with van der Waals surface area (Å²) in [6, 6.07) is 0. The van der Waals surface area contributed by atoms with Gasteiger partial charge in [-0.3, -0.25) is 0 Å². The van der Waals surface area contributed by atoms with Crippen molar-refractivity contribution in [2.24, 2.45) is 62.4 Å². The van der Waals surface area contributed by atoms with E-state index >= 15 is 0 Å². The van der Waals surface area contributed by atoms with Gasteiger partial charge in [-0.25, -0.2) is 0 Å². The van der Waals surface area contributed by atoms with E-state index < -0.39 is 11.2 Å². The van der Waals surface area contributed by atoms with Crippen LogP contribution in [0.3, 0.4) is 0 Å². The number of aliphatic hydroxyl groups is 3. The van der Waals surface area contributed by atoms with Crippen LogP contribution >= 0.6 is 0 Å². The van der Waals surface area contributed by atoms with Crippen LogP contribution in [0.15, 0.2) is 12.2 Å². The van der Waals surface area contributed by atoms with Gasteiger partial charge in [0.25, 0.3) is 0 Å². The Morgan fingerprint density at radius 3 is 2.18 bits per heavy atom. The van der Waals surface area contributed by atoms with Gasteiger partial charge in [0.05, 0.1) is 6.61 Å². The Kier molecular flexibility index (Phi) is 5.61. The fraction of sp³-hybridized carbons (Fsp3) is 0.933. The van der Waals surface area contributed by atoms with Crippen LogP contribution in [0.1, 0.15) is 98.8 Å². The molecule has 5 rings (SSSR count). The molecule has 0 aliphatic heterocycles. The van der Waals surface area contributed by atoms with Crippen LogP contribution in [0.5, 0.6) is 0 Å². The molecule has 5 fully saturated rings. The number of fused-ring (bicyclic) bond motifs is 7. The first-order chi connectivity index (χ1) is 15.8. The van der Waals surface area contributed by atoms with Crippen molar-refractivity contribution >= 4 is 0 Å². The SMILES string of the molecule is C=C(C)[C@@H]1CC[C@]2(CN)CC[C@]3(C)[C@H](CCC4[C@@]5(C)CCC(O)(O)C(C)(CO)[C@@H]5CC[C@]43C)[C@@H]12. The number of nitrogens with two attached hydrogens (primary N) is 1. The monoisotopic (exact) mass is 473 g/mol. The van der Waals surface area contributed by atoms with E-state index in [0.717, 1.165) is 25.8 Å². The lowest BCUT2D eigenvalue weighted by Gasteiger charge is -2.73. The molecular formula is C30H51NO3. The molecule has 0 aromatic carbocycles. The van der Waals surface area contributed by atoms with Crippen LogP contribution in [0.4, 0.5) is 0 Å². The summed E-state index contributed by atoms with van der Waals surface area (Å²) >= 11 is 0. The minimum atomic E-state index is -1.79. The Morgan fingerprint density at radius 2 is 1.56 bits per heavy atom. The lowest BCUT2D eigenvalue weighted by Crippen LogP contribution is -2.69. The first-order valence-electron chi connectivity index (χ1n) is 14.2. The molecule has 194 valence electrons. The normalized spacial score (nSPS) is 56.1. The van der Waals surface area contributed by atoms with Crippen molar-refractivity contribution in [3.05, 3.63) is 12.2 Å². The van der Waals surface area contributed by atoms with E-state index in [2.05, 4.69) is 34.3 Å². The van der Waals surface area contributed by atoms with Crippen molar-refractivity contribution in [1.29, 1.82) is 0 Å². The van der Waals surface area contributed by atoms with Crippen LogP contribution in [-0.4, -0.2) is 34.3 Å². The minimum absolute atomic E-state index is 0.0270. The van der Waals surface area contributed by atoms with Crippen LogP contribution in [-0.2, 0) is 0 Å². The first kappa shape index (κ1) is 25.2. The summed E-state index contributed by atoms with van der Waals surface area (Å²) in [5.41, 5.74) is 7.87. The smallest absolute Gasteiger partial charge is 0.170 e. The zero-order valence-corrected chi connectivity index (χ0v) is 22.5. The van der Waals surface area contributed by atoms with Crippen LogP contribution in [0, 0.1) is 56.7 Å². The number of hydrogen-bond acceptors (Lipinski definition) is 4. The third kappa shape index (κ3) is 2.81. The van der Waals surface area contributed by atoms with Gasteiger partial charge in [-0.05, 0) is 123 Å². The van der Waals surface area contributed by atoms with Gasteiger partial charge in [-0.15, -0.1) is 0 Å². The summed E-state index contributed by atoms with van der Waals surface area (Å²) in [5, 5.41) is 32.4. The van der Waals surface area contributed by atoms with Gasteiger partial charge >= 0.3 is 0 Å². The first-order valence-corrected chi connectivity index (χ1v) is 14.2. The van der Waals surface area contributed by atoms with E-state index in [9.17, 15) is 15.3 Å². The third-order valence-corrected chi connectivity index (χ3v) is 13.9. The zero-order valence-electron chi connectivity index (χ0n) is 22.5. The van der Waals surface area contributed by atoms with Crippen molar-refractivity contribution in [1.82, 2.24) is 0 Å². The molecule has 4 nitrogen and oxygen atoms in total. The van der Waals surface area contributed by atoms with Gasteiger partial charge in [0.2, 0.25) is 0 Å². The lowest BCUT2D eigenvalue weighted by molar-refractivity contribution is -0.332. The molecule has 0 heterocycles. The molecule has 4 heteroatoms. The minimum Gasteiger partial charge on any atom is -0.396 e. The molecule has 0 amide bonds. The molecule has 5 saturated carbocycles. The van der Waals surface area contributed by atoms with E-state index in [-0.39, 0.29) is 28.8 Å². The molecule has 2 unspecified atom stereocenters. The molecular weight excluding hydrogens is 422 g/mol. The summed E-state index contributed by atoms with van der Waals surface area (Å²) in [6.07, 6.45) is 10.8. The predicted octanol–water partition coefficient (Wildman–Crippen LogP) is 5.26. The highest BCUT2D eigenvalue weighted by atomic mass is 16.5. The molecule has 34 heavy (non-hydrogen) atoms. The molecule has 5 aliphatic carbocycles. The molecule has 0 radical (unpaired) electrons. The Balaban J connectivity index is 1.55. The van der Waals surface area contributed by atoms with E-state index in [0.29, 0.717) is 35.5 Å². The number of aliphatic hydroxyl groups excluding tert-OH is 1. The standard InChI is InChI=1S/C30H51NO3/c1-19(2)20-9-12-29(17-31)15-14-26(4)21(24(20)29)7-8-22-25(3)13-16-30(33,34)28(6,18-32)23(25)10-11-27(22,26)5/h20-24,32-34H,1,7-18,31H2,2-6H3/t20-,21+,22?,23+,24+,25+,26+,27+,28?,29+/m0/s1. The van der Waals surface area contributed by atoms with Crippen LogP contribution in [0.2, 0.25) is 0 Å². The largest absolute Gasteiger partial charge is 0.396 e. The van der Waals surface area contributed by atoms with Gasteiger partial charge in [0, 0.05) is 11.8 Å². The summed E-state index contributed by atoms with van der Waals surface area (Å²) in [5.74, 6) is 0.860. The van der Waals surface area contributed by atoms with Crippen molar-refractivity contribution in [3.8, 4) is 0 Å². The average Bonchev–Trinajstić information content (AvgIpc) is 3.18. The van der Waals surface area contributed by atoms with Crippen molar-refractivity contribution < 1.29 is 15.3 Å². The van der Waals surface area contributed by atoms with Gasteiger partial charge in [-0.1, -0.05) is 39.8 Å². The Labute approximate surface area is 207 Å². The summed E-state index contributed by atoms with van der Waals surface area (Å²) in [4.78, 5) is 0. The Bertz CT molecular complexity index is 856. The fourth-order valence-corrected chi connectivity index (χ4v) is 11.6. The summed E-state index contributed by atoms with van der Waals surface area (Å²) < 4.78 is 0. The van der Waals surface area contributed by atoms with E-state index in [1.54, 1.807) is 0 Å². The zero-order chi connectivity index (χ0) is 24.9. The maximum Gasteiger partial charge on any atom is 0.170 e. The third-order valence-electron chi connectivity index (χ3n) is 13.9. The molecule has 0 aromatic heterocycles. The van der Waals surface area contributed by atoms with Crippen LogP contribution < -0.4 is 5.73 Å². The molecule has 0 spiro atoms. The topological polar surface area (TPSA) is 86.7 Å². The number of allylic oxidation sites excluding steroid dienone is 1. The predicted molar refractivity (Wildman–Crippen MR) is 137 cm³/mol. The fourth-order valence-electron chi connectivity index (χ4n) is 11.6. The maximum atomic E-state index is 11.0. The van der Waals surface area contributed by atoms with Gasteiger partial charge < -0.3 is 21.1 Å². The molecule has 5 aliphatic rings. The van der Waals surface area contributed by atoms with Crippen molar-refractivity contribution in [2.75, 3.05) is 13.2 Å². The van der Waals surface area contributed by atoms with E-state index in [1.165, 1.54) is 44.1 Å². The summed E-state index contributed by atoms with van der Waals surface area (Å²) in [6.45, 7) is 16.9. The quantitative estimate of drug-likeness (QED) is 0.333. The molecule has 10 atom stereocenters. The maximum absolute atomic E-state index is 11.0. The van der Waals surface area contributed by atoms with Crippen LogP contribution in [0.25, 0.3) is 0 Å². The Hall–Kier alpha value is -0.420. The average molecular weight is 474 g/mol. The van der Waals surface area contributed by atoms with Gasteiger partial charge in [-0.2, -0.15) is 0 Å². The highest BCUT2D eigenvalue weighted by Gasteiger charge is 2.72. The number of hydrogen-bond donors (Lipinski definition) is 4. The van der Waals surface area contributed by atoms with Gasteiger partial charge in [0.1, 0.15) is 0 Å². The van der Waals surface area contributed by atoms with Crippen molar-refractivity contribution in [3.63, 3.8) is 0 Å². The summed E-state index contributed by atoms with van der Waals surface area (Å²) in [7, 11) is 0. The molecule has 0 aromatic rings.